The average molecular weight is 424 g/mol. The van der Waals surface area contributed by atoms with E-state index in [1.165, 1.54) is 11.8 Å². The van der Waals surface area contributed by atoms with Gasteiger partial charge in [0.05, 0.1) is 12.6 Å². The summed E-state index contributed by atoms with van der Waals surface area (Å²) in [7, 11) is 0. The first-order valence-corrected chi connectivity index (χ1v) is 10.8. The van der Waals surface area contributed by atoms with Crippen LogP contribution < -0.4 is 15.5 Å². The van der Waals surface area contributed by atoms with Gasteiger partial charge in [0.15, 0.2) is 0 Å². The molecule has 1 aliphatic heterocycles. The SMILES string of the molecule is CCOc1ccc([C@@H]2Nn3c(C)nnc3S[C@H]2C(=O)Nc2cc(C)cc(C)c2)cc1. The molecule has 2 N–H and O–H groups in total. The van der Waals surface area contributed by atoms with E-state index in [1.54, 1.807) is 0 Å². The van der Waals surface area contributed by atoms with Crippen LogP contribution >= 0.6 is 11.8 Å². The predicted octanol–water partition coefficient (Wildman–Crippen LogP) is 4.00. The Balaban J connectivity index is 1.64. The number of carbonyl (C=O) groups is 1. The predicted molar refractivity (Wildman–Crippen MR) is 119 cm³/mol. The van der Waals surface area contributed by atoms with Gasteiger partial charge in [-0.1, -0.05) is 30.0 Å². The monoisotopic (exact) mass is 423 g/mol. The van der Waals surface area contributed by atoms with Crippen LogP contribution in [0.2, 0.25) is 0 Å². The molecule has 0 spiro atoms. The molecule has 156 valence electrons. The largest absolute Gasteiger partial charge is 0.494 e. The zero-order valence-corrected chi connectivity index (χ0v) is 18.3. The summed E-state index contributed by atoms with van der Waals surface area (Å²) in [6.45, 7) is 8.49. The fourth-order valence-corrected chi connectivity index (χ4v) is 4.73. The number of anilines is 1. The van der Waals surface area contributed by atoms with E-state index in [2.05, 4.69) is 27.0 Å². The molecule has 1 aliphatic rings. The number of benzene rings is 2. The maximum Gasteiger partial charge on any atom is 0.240 e. The zero-order chi connectivity index (χ0) is 21.3. The van der Waals surface area contributed by atoms with Gasteiger partial charge in [-0.2, -0.15) is 0 Å². The number of thioether (sulfide) groups is 1. The lowest BCUT2D eigenvalue weighted by Crippen LogP contribution is -2.41. The molecule has 0 fully saturated rings. The molecule has 30 heavy (non-hydrogen) atoms. The molecule has 1 amide bonds. The van der Waals surface area contributed by atoms with E-state index in [-0.39, 0.29) is 11.9 Å². The number of fused-ring (bicyclic) bond motifs is 1. The lowest BCUT2D eigenvalue weighted by Gasteiger charge is -2.32. The number of aromatic nitrogens is 3. The van der Waals surface area contributed by atoms with Gasteiger partial charge >= 0.3 is 0 Å². The molecule has 8 heteroatoms. The van der Waals surface area contributed by atoms with Gasteiger partial charge in [0.25, 0.3) is 0 Å². The van der Waals surface area contributed by atoms with Crippen LogP contribution in [0.25, 0.3) is 0 Å². The van der Waals surface area contributed by atoms with Crippen molar-refractivity contribution < 1.29 is 9.53 Å². The minimum atomic E-state index is -0.417. The zero-order valence-electron chi connectivity index (χ0n) is 17.5. The molecule has 0 saturated carbocycles. The Kier molecular flexibility index (Phi) is 5.67. The highest BCUT2D eigenvalue weighted by Gasteiger charge is 2.37. The summed E-state index contributed by atoms with van der Waals surface area (Å²) < 4.78 is 7.40. The average Bonchev–Trinajstić information content (AvgIpc) is 3.07. The number of hydrogen-bond acceptors (Lipinski definition) is 6. The molecule has 0 radical (unpaired) electrons. The first kappa shape index (κ1) is 20.3. The number of nitrogens with one attached hydrogen (secondary N) is 2. The molecule has 3 aromatic rings. The number of amides is 1. The van der Waals surface area contributed by atoms with Gasteiger partial charge in [0, 0.05) is 5.69 Å². The maximum absolute atomic E-state index is 13.3. The van der Waals surface area contributed by atoms with Crippen LogP contribution in [-0.4, -0.2) is 32.6 Å². The molecule has 0 saturated heterocycles. The fourth-order valence-electron chi connectivity index (χ4n) is 3.61. The molecule has 2 atom stereocenters. The molecule has 0 bridgehead atoms. The third kappa shape index (κ3) is 4.14. The second-order valence-corrected chi connectivity index (χ2v) is 8.49. The number of rotatable bonds is 5. The summed E-state index contributed by atoms with van der Waals surface area (Å²) in [5.74, 6) is 1.48. The van der Waals surface area contributed by atoms with E-state index in [0.29, 0.717) is 11.8 Å². The van der Waals surface area contributed by atoms with Crippen LogP contribution in [0, 0.1) is 20.8 Å². The molecule has 0 aliphatic carbocycles. The van der Waals surface area contributed by atoms with E-state index in [0.717, 1.165) is 34.0 Å². The topological polar surface area (TPSA) is 81.1 Å². The van der Waals surface area contributed by atoms with Gasteiger partial charge in [0.1, 0.15) is 16.8 Å². The first-order valence-electron chi connectivity index (χ1n) is 9.91. The van der Waals surface area contributed by atoms with Gasteiger partial charge in [0.2, 0.25) is 11.1 Å². The van der Waals surface area contributed by atoms with Crippen molar-refractivity contribution >= 4 is 23.4 Å². The molecular formula is C22H25N5O2S. The van der Waals surface area contributed by atoms with Gasteiger partial charge in [-0.15, -0.1) is 10.2 Å². The van der Waals surface area contributed by atoms with Crippen molar-refractivity contribution in [1.29, 1.82) is 0 Å². The Labute approximate surface area is 180 Å². The fraction of sp³-hybridized carbons (Fsp3) is 0.318. The second-order valence-electron chi connectivity index (χ2n) is 7.38. The summed E-state index contributed by atoms with van der Waals surface area (Å²) in [4.78, 5) is 13.3. The highest BCUT2D eigenvalue weighted by molar-refractivity contribution is 8.00. The lowest BCUT2D eigenvalue weighted by molar-refractivity contribution is -0.116. The highest BCUT2D eigenvalue weighted by Crippen LogP contribution is 2.38. The van der Waals surface area contributed by atoms with Crippen molar-refractivity contribution in [3.05, 3.63) is 65.0 Å². The standard InChI is InChI=1S/C22H25N5O2S/c1-5-29-18-8-6-16(7-9-18)19-20(30-22-25-24-15(4)27(22)26-19)21(28)23-17-11-13(2)10-14(3)12-17/h6-12,19-20,26H,5H2,1-4H3,(H,23,28)/t19-,20+/m0/s1. The third-order valence-corrected chi connectivity index (χ3v) is 6.11. The Bertz CT molecular complexity index is 1040. The van der Waals surface area contributed by atoms with E-state index in [1.807, 2.05) is 68.8 Å². The minimum Gasteiger partial charge on any atom is -0.494 e. The van der Waals surface area contributed by atoms with Crippen LogP contribution in [0.15, 0.2) is 47.6 Å². The summed E-state index contributed by atoms with van der Waals surface area (Å²) in [6.07, 6.45) is 0. The van der Waals surface area contributed by atoms with Crippen LogP contribution in [0.5, 0.6) is 5.75 Å². The van der Waals surface area contributed by atoms with Crippen molar-refractivity contribution in [2.75, 3.05) is 17.3 Å². The van der Waals surface area contributed by atoms with Crippen LogP contribution in [0.3, 0.4) is 0 Å². The van der Waals surface area contributed by atoms with Gasteiger partial charge < -0.3 is 15.5 Å². The molecule has 2 aromatic carbocycles. The highest BCUT2D eigenvalue weighted by atomic mass is 32.2. The van der Waals surface area contributed by atoms with Crippen LogP contribution in [0.4, 0.5) is 5.69 Å². The molecule has 0 unspecified atom stereocenters. The van der Waals surface area contributed by atoms with E-state index in [4.69, 9.17) is 4.74 Å². The lowest BCUT2D eigenvalue weighted by atomic mass is 10.0. The van der Waals surface area contributed by atoms with Crippen molar-refractivity contribution in [3.63, 3.8) is 0 Å². The Morgan fingerprint density at radius 3 is 2.50 bits per heavy atom. The first-order chi connectivity index (χ1) is 14.4. The van der Waals surface area contributed by atoms with Crippen molar-refractivity contribution in [2.45, 2.75) is 44.1 Å². The molecule has 4 rings (SSSR count). The summed E-state index contributed by atoms with van der Waals surface area (Å²) in [5, 5.41) is 11.7. The summed E-state index contributed by atoms with van der Waals surface area (Å²) in [6, 6.07) is 13.6. The molecule has 2 heterocycles. The third-order valence-electron chi connectivity index (χ3n) is 4.90. The Morgan fingerprint density at radius 1 is 1.13 bits per heavy atom. The maximum atomic E-state index is 13.3. The normalized spacial score (nSPS) is 17.7. The van der Waals surface area contributed by atoms with Crippen molar-refractivity contribution in [2.24, 2.45) is 0 Å². The smallest absolute Gasteiger partial charge is 0.240 e. The second kappa shape index (κ2) is 8.39. The molecular weight excluding hydrogens is 398 g/mol. The Hall–Kier alpha value is -3.00. The van der Waals surface area contributed by atoms with E-state index >= 15 is 0 Å². The van der Waals surface area contributed by atoms with Gasteiger partial charge in [-0.05, 0) is 68.7 Å². The number of ether oxygens (including phenoxy) is 1. The number of aryl methyl sites for hydroxylation is 3. The quantitative estimate of drug-likeness (QED) is 0.646. The van der Waals surface area contributed by atoms with Crippen molar-refractivity contribution in [1.82, 2.24) is 14.9 Å². The minimum absolute atomic E-state index is 0.0803. The van der Waals surface area contributed by atoms with Crippen molar-refractivity contribution in [3.8, 4) is 5.75 Å². The summed E-state index contributed by atoms with van der Waals surface area (Å²) >= 11 is 1.41. The molecule has 1 aromatic heterocycles. The van der Waals surface area contributed by atoms with Gasteiger partial charge in [-0.3, -0.25) is 4.79 Å². The van der Waals surface area contributed by atoms with Crippen LogP contribution in [-0.2, 0) is 4.79 Å². The number of hydrogen-bond donors (Lipinski definition) is 2. The number of nitrogens with zero attached hydrogens (tertiary/aromatic N) is 3. The van der Waals surface area contributed by atoms with E-state index in [9.17, 15) is 4.79 Å². The Morgan fingerprint density at radius 2 is 1.83 bits per heavy atom. The van der Waals surface area contributed by atoms with E-state index < -0.39 is 5.25 Å². The van der Waals surface area contributed by atoms with Gasteiger partial charge in [-0.25, -0.2) is 4.68 Å². The molecule has 7 nitrogen and oxygen atoms in total. The summed E-state index contributed by atoms with van der Waals surface area (Å²) in [5.41, 5.74) is 7.43. The number of carbonyl (C=O) groups excluding carboxylic acids is 1. The van der Waals surface area contributed by atoms with Crippen LogP contribution in [0.1, 0.15) is 35.5 Å².